The highest BCUT2D eigenvalue weighted by atomic mass is 16.5. The molecule has 3 rings (SSSR count). The fourth-order valence-corrected chi connectivity index (χ4v) is 3.56. The average molecular weight is 442 g/mol. The summed E-state index contributed by atoms with van der Waals surface area (Å²) in [7, 11) is 3.98. The number of nitrogens with one attached hydrogen (secondary N) is 2. The molecule has 0 spiro atoms. The van der Waals surface area contributed by atoms with Gasteiger partial charge in [-0.2, -0.15) is 0 Å². The van der Waals surface area contributed by atoms with Gasteiger partial charge in [-0.15, -0.1) is 0 Å². The Bertz CT molecular complexity index is 859. The van der Waals surface area contributed by atoms with Crippen LogP contribution in [0.5, 0.6) is 0 Å². The Hall–Kier alpha value is -2.91. The van der Waals surface area contributed by atoms with Crippen LogP contribution in [-0.2, 0) is 13.1 Å². The minimum absolute atomic E-state index is 0.0483. The summed E-state index contributed by atoms with van der Waals surface area (Å²) in [5.74, 6) is 0.863. The molecule has 0 saturated carbocycles. The quantitative estimate of drug-likeness (QED) is 0.447. The monoisotopic (exact) mass is 441 g/mol. The van der Waals surface area contributed by atoms with Crippen LogP contribution < -0.4 is 10.6 Å². The predicted octanol–water partition coefficient (Wildman–Crippen LogP) is 1.25. The van der Waals surface area contributed by atoms with Crippen LogP contribution in [0.3, 0.4) is 0 Å². The number of aromatic nitrogens is 1. The first-order valence-electron chi connectivity index (χ1n) is 11.2. The fraction of sp³-hybridized carbons (Fsp3) is 0.522. The van der Waals surface area contributed by atoms with Crippen LogP contribution in [0.15, 0.2) is 46.1 Å². The van der Waals surface area contributed by atoms with Crippen molar-refractivity contribution in [2.45, 2.75) is 20.0 Å². The van der Waals surface area contributed by atoms with Gasteiger partial charge in [0.1, 0.15) is 6.26 Å². The summed E-state index contributed by atoms with van der Waals surface area (Å²) >= 11 is 0. The number of nitrogens with zero attached hydrogens (tertiary/aromatic N) is 5. The molecule has 1 aromatic heterocycles. The second kappa shape index (κ2) is 12.2. The van der Waals surface area contributed by atoms with E-state index in [0.29, 0.717) is 18.7 Å². The number of amides is 1. The summed E-state index contributed by atoms with van der Waals surface area (Å²) in [6.07, 6.45) is 1.62. The highest BCUT2D eigenvalue weighted by molar-refractivity contribution is 5.94. The zero-order chi connectivity index (χ0) is 22.8. The molecule has 1 aliphatic heterocycles. The zero-order valence-corrected chi connectivity index (χ0v) is 19.4. The molecule has 1 saturated heterocycles. The van der Waals surface area contributed by atoms with Crippen LogP contribution in [0.1, 0.15) is 28.5 Å². The van der Waals surface area contributed by atoms with Gasteiger partial charge in [-0.05, 0) is 38.7 Å². The zero-order valence-electron chi connectivity index (χ0n) is 19.4. The van der Waals surface area contributed by atoms with Crippen molar-refractivity contribution >= 4 is 11.9 Å². The molecule has 2 aromatic rings. The number of carbonyl (C=O) groups excluding carboxylic acids is 1. The van der Waals surface area contributed by atoms with Gasteiger partial charge in [0.25, 0.3) is 5.91 Å². The van der Waals surface area contributed by atoms with Gasteiger partial charge in [-0.25, -0.2) is 4.99 Å². The second-order valence-corrected chi connectivity index (χ2v) is 8.18. The number of carbonyl (C=O) groups is 1. The van der Waals surface area contributed by atoms with Crippen molar-refractivity contribution in [3.8, 4) is 0 Å². The van der Waals surface area contributed by atoms with Gasteiger partial charge in [0.2, 0.25) is 0 Å². The Kier molecular flexibility index (Phi) is 9.06. The van der Waals surface area contributed by atoms with Gasteiger partial charge in [0.05, 0.1) is 12.2 Å². The molecule has 1 amide bonds. The Morgan fingerprint density at radius 2 is 2.00 bits per heavy atom. The van der Waals surface area contributed by atoms with Gasteiger partial charge in [0, 0.05) is 64.0 Å². The van der Waals surface area contributed by atoms with Crippen molar-refractivity contribution in [1.82, 2.24) is 30.5 Å². The van der Waals surface area contributed by atoms with Crippen LogP contribution in [0.2, 0.25) is 0 Å². The summed E-state index contributed by atoms with van der Waals surface area (Å²) in [4.78, 5) is 24.0. The lowest BCUT2D eigenvalue weighted by atomic mass is 10.1. The molecular formula is C23H35N7O2. The van der Waals surface area contributed by atoms with E-state index >= 15 is 0 Å². The highest BCUT2D eigenvalue weighted by Crippen LogP contribution is 2.10. The summed E-state index contributed by atoms with van der Waals surface area (Å²) in [6.45, 7) is 9.36. The summed E-state index contributed by atoms with van der Waals surface area (Å²) in [5, 5.41) is 10.4. The van der Waals surface area contributed by atoms with E-state index in [4.69, 9.17) is 9.52 Å². The minimum Gasteiger partial charge on any atom is -0.364 e. The lowest BCUT2D eigenvalue weighted by Gasteiger charge is -2.36. The van der Waals surface area contributed by atoms with Crippen LogP contribution in [0.4, 0.5) is 0 Å². The molecule has 0 unspecified atom stereocenters. The van der Waals surface area contributed by atoms with Crippen molar-refractivity contribution in [3.05, 3.63) is 53.4 Å². The Labute approximate surface area is 190 Å². The second-order valence-electron chi connectivity index (χ2n) is 8.18. The fourth-order valence-electron chi connectivity index (χ4n) is 3.56. The van der Waals surface area contributed by atoms with Crippen LogP contribution in [0, 0.1) is 0 Å². The first-order valence-corrected chi connectivity index (χ1v) is 11.2. The summed E-state index contributed by atoms with van der Waals surface area (Å²) in [6, 6.07) is 9.61. The van der Waals surface area contributed by atoms with Crippen LogP contribution in [0.25, 0.3) is 0 Å². The third-order valence-corrected chi connectivity index (χ3v) is 5.33. The minimum atomic E-state index is -0.0483. The smallest absolute Gasteiger partial charge is 0.251 e. The Balaban J connectivity index is 1.55. The molecule has 32 heavy (non-hydrogen) atoms. The Morgan fingerprint density at radius 3 is 2.69 bits per heavy atom. The molecule has 9 nitrogen and oxygen atoms in total. The van der Waals surface area contributed by atoms with Crippen molar-refractivity contribution in [1.29, 1.82) is 0 Å². The van der Waals surface area contributed by atoms with Crippen molar-refractivity contribution in [2.24, 2.45) is 4.99 Å². The highest BCUT2D eigenvalue weighted by Gasteiger charge is 2.20. The molecule has 1 fully saturated rings. The molecule has 174 valence electrons. The van der Waals surface area contributed by atoms with Crippen molar-refractivity contribution in [3.63, 3.8) is 0 Å². The number of guanidine groups is 1. The number of hydrogen-bond acceptors (Lipinski definition) is 6. The maximum Gasteiger partial charge on any atom is 0.251 e. The number of piperazine rings is 1. The average Bonchev–Trinajstić information content (AvgIpc) is 3.30. The van der Waals surface area contributed by atoms with E-state index in [1.165, 1.54) is 0 Å². The standard InChI is InChI=1S/C23H35N7O2/c1-4-24-23(30-13-11-29(12-14-30)18-21-8-15-32-27-21)26-17-19-6-5-7-20(16-19)22(31)25-9-10-28(2)3/h5-8,15-16H,4,9-14,17-18H2,1-3H3,(H,24,26)(H,25,31). The third kappa shape index (κ3) is 7.35. The van der Waals surface area contributed by atoms with Gasteiger partial charge in [-0.1, -0.05) is 17.3 Å². The lowest BCUT2D eigenvalue weighted by Crippen LogP contribution is -2.52. The molecule has 0 bridgehead atoms. The predicted molar refractivity (Wildman–Crippen MR) is 125 cm³/mol. The molecule has 2 N–H and O–H groups in total. The van der Waals surface area contributed by atoms with E-state index in [2.05, 4.69) is 32.5 Å². The number of likely N-dealkylation sites (N-methyl/N-ethyl adjacent to an activating group) is 1. The molecule has 0 atom stereocenters. The maximum atomic E-state index is 12.4. The molecule has 0 aliphatic carbocycles. The first-order chi connectivity index (χ1) is 15.5. The molecule has 1 aromatic carbocycles. The number of aliphatic imine (C=N–C) groups is 1. The largest absolute Gasteiger partial charge is 0.364 e. The number of benzene rings is 1. The van der Waals surface area contributed by atoms with Crippen molar-refractivity contribution < 1.29 is 9.32 Å². The third-order valence-electron chi connectivity index (χ3n) is 5.33. The van der Waals surface area contributed by atoms with Crippen LogP contribution >= 0.6 is 0 Å². The maximum absolute atomic E-state index is 12.4. The number of hydrogen-bond donors (Lipinski definition) is 2. The van der Waals surface area contributed by atoms with E-state index in [0.717, 1.165) is 63.0 Å². The summed E-state index contributed by atoms with van der Waals surface area (Å²) < 4.78 is 4.93. The van der Waals surface area contributed by atoms with Gasteiger partial charge in [-0.3, -0.25) is 9.69 Å². The molecule has 2 heterocycles. The molecule has 9 heteroatoms. The Morgan fingerprint density at radius 1 is 1.19 bits per heavy atom. The van der Waals surface area contributed by atoms with Crippen LogP contribution in [-0.4, -0.2) is 91.6 Å². The van der Waals surface area contributed by atoms with E-state index in [9.17, 15) is 4.79 Å². The summed E-state index contributed by atoms with van der Waals surface area (Å²) in [5.41, 5.74) is 2.65. The van der Waals surface area contributed by atoms with Crippen molar-refractivity contribution in [2.75, 3.05) is 59.9 Å². The first kappa shape index (κ1) is 23.7. The van der Waals surface area contributed by atoms with Gasteiger partial charge in [0.15, 0.2) is 5.96 Å². The number of rotatable bonds is 9. The van der Waals surface area contributed by atoms with E-state index in [-0.39, 0.29) is 5.91 Å². The normalized spacial score (nSPS) is 15.2. The molecule has 1 aliphatic rings. The lowest BCUT2D eigenvalue weighted by molar-refractivity contribution is 0.0951. The van der Waals surface area contributed by atoms with E-state index in [1.54, 1.807) is 6.26 Å². The molecule has 0 radical (unpaired) electrons. The SMILES string of the molecule is CCNC(=NCc1cccc(C(=O)NCCN(C)C)c1)N1CCN(Cc2ccon2)CC1. The van der Waals surface area contributed by atoms with E-state index in [1.807, 2.05) is 49.3 Å². The van der Waals surface area contributed by atoms with Gasteiger partial charge < -0.3 is 25.0 Å². The van der Waals surface area contributed by atoms with Gasteiger partial charge >= 0.3 is 0 Å². The topological polar surface area (TPSA) is 89.2 Å². The molecular weight excluding hydrogens is 406 g/mol. The van der Waals surface area contributed by atoms with E-state index < -0.39 is 0 Å².